The first-order chi connectivity index (χ1) is 7.77. The third-order valence-corrected chi connectivity index (χ3v) is 3.37. The normalized spacial score (nSPS) is 10.4. The fourth-order valence-electron chi connectivity index (χ4n) is 1.37. The molecular formula is C13H19NOS. The predicted molar refractivity (Wildman–Crippen MR) is 70.1 cm³/mol. The molecule has 2 nitrogen and oxygen atoms in total. The van der Waals surface area contributed by atoms with Gasteiger partial charge in [-0.3, -0.25) is 4.79 Å². The van der Waals surface area contributed by atoms with Gasteiger partial charge in [0.25, 0.3) is 0 Å². The Kier molecular flexibility index (Phi) is 6.19. The molecular weight excluding hydrogens is 218 g/mol. The molecule has 0 aliphatic rings. The molecule has 0 heterocycles. The lowest BCUT2D eigenvalue weighted by Gasteiger charge is -2.03. The second-order valence-corrected chi connectivity index (χ2v) is 4.86. The maximum absolute atomic E-state index is 11.6. The highest BCUT2D eigenvalue weighted by Gasteiger charge is 2.05. The van der Waals surface area contributed by atoms with Crippen LogP contribution in [0.15, 0.2) is 29.2 Å². The second-order valence-electron chi connectivity index (χ2n) is 3.69. The van der Waals surface area contributed by atoms with Crippen molar-refractivity contribution in [2.45, 2.75) is 31.1 Å². The molecule has 0 saturated carbocycles. The van der Waals surface area contributed by atoms with Crippen LogP contribution in [0.5, 0.6) is 0 Å². The van der Waals surface area contributed by atoms with Gasteiger partial charge in [0.2, 0.25) is 0 Å². The summed E-state index contributed by atoms with van der Waals surface area (Å²) in [7, 11) is 0. The number of thioether (sulfide) groups is 1. The molecule has 0 aromatic heterocycles. The number of carbonyl (C=O) groups excluding carboxylic acids is 1. The fraction of sp³-hybridized carbons (Fsp3) is 0.462. The molecule has 0 unspecified atom stereocenters. The van der Waals surface area contributed by atoms with E-state index in [0.29, 0.717) is 13.0 Å². The maximum atomic E-state index is 11.6. The molecule has 0 atom stereocenters. The summed E-state index contributed by atoms with van der Waals surface area (Å²) in [6.07, 6.45) is 2.85. The monoisotopic (exact) mass is 237 g/mol. The first-order valence-corrected chi connectivity index (χ1v) is 6.72. The van der Waals surface area contributed by atoms with Gasteiger partial charge in [0.15, 0.2) is 5.78 Å². The van der Waals surface area contributed by atoms with Crippen LogP contribution in [0.2, 0.25) is 0 Å². The molecule has 0 aliphatic heterocycles. The highest BCUT2D eigenvalue weighted by Crippen LogP contribution is 2.20. The summed E-state index contributed by atoms with van der Waals surface area (Å²) in [6, 6.07) is 7.83. The molecule has 3 heteroatoms. The van der Waals surface area contributed by atoms with Crippen molar-refractivity contribution in [1.29, 1.82) is 0 Å². The number of Topliss-reactive ketones (excluding diaryl/α,β-unsaturated/α-hetero) is 1. The molecule has 1 rings (SSSR count). The molecule has 88 valence electrons. The van der Waals surface area contributed by atoms with E-state index in [1.807, 2.05) is 30.0 Å². The molecule has 0 spiro atoms. The lowest BCUT2D eigenvalue weighted by atomic mass is 10.1. The number of benzene rings is 1. The summed E-state index contributed by atoms with van der Waals surface area (Å²) in [4.78, 5) is 12.8. The van der Waals surface area contributed by atoms with Gasteiger partial charge < -0.3 is 5.73 Å². The third kappa shape index (κ3) is 4.37. The highest BCUT2D eigenvalue weighted by atomic mass is 32.2. The van der Waals surface area contributed by atoms with Crippen LogP contribution in [0, 0.1) is 0 Å². The van der Waals surface area contributed by atoms with Gasteiger partial charge in [0.1, 0.15) is 0 Å². The summed E-state index contributed by atoms with van der Waals surface area (Å²) < 4.78 is 0. The van der Waals surface area contributed by atoms with E-state index in [4.69, 9.17) is 5.73 Å². The highest BCUT2D eigenvalue weighted by molar-refractivity contribution is 7.99. The second kappa shape index (κ2) is 7.47. The Bertz CT molecular complexity index is 338. The number of ketones is 1. The number of nitrogens with two attached hydrogens (primary N) is 1. The summed E-state index contributed by atoms with van der Waals surface area (Å²) in [6.45, 7) is 2.60. The van der Waals surface area contributed by atoms with Crippen LogP contribution in [0.1, 0.15) is 36.5 Å². The minimum Gasteiger partial charge on any atom is -0.330 e. The van der Waals surface area contributed by atoms with Crippen LogP contribution in [0.3, 0.4) is 0 Å². The van der Waals surface area contributed by atoms with Gasteiger partial charge in [-0.1, -0.05) is 25.5 Å². The Morgan fingerprint density at radius 2 is 2.25 bits per heavy atom. The SMILES string of the molecule is CCCCSc1cccc(C(=O)CCN)c1. The third-order valence-electron chi connectivity index (χ3n) is 2.29. The first-order valence-electron chi connectivity index (χ1n) is 5.74. The van der Waals surface area contributed by atoms with E-state index < -0.39 is 0 Å². The van der Waals surface area contributed by atoms with E-state index in [1.54, 1.807) is 0 Å². The Balaban J connectivity index is 2.60. The van der Waals surface area contributed by atoms with E-state index >= 15 is 0 Å². The average molecular weight is 237 g/mol. The van der Waals surface area contributed by atoms with Gasteiger partial charge in [-0.25, -0.2) is 0 Å². The molecule has 0 fully saturated rings. The van der Waals surface area contributed by atoms with E-state index in [0.717, 1.165) is 11.3 Å². The minimum atomic E-state index is 0.139. The maximum Gasteiger partial charge on any atom is 0.164 e. The zero-order chi connectivity index (χ0) is 11.8. The van der Waals surface area contributed by atoms with Crippen LogP contribution < -0.4 is 5.73 Å². The summed E-state index contributed by atoms with van der Waals surface area (Å²) in [5, 5.41) is 0. The lowest BCUT2D eigenvalue weighted by molar-refractivity contribution is 0.0985. The number of rotatable bonds is 7. The summed E-state index contributed by atoms with van der Waals surface area (Å²) in [5.41, 5.74) is 6.16. The number of carbonyl (C=O) groups is 1. The number of hydrogen-bond acceptors (Lipinski definition) is 3. The average Bonchev–Trinajstić information content (AvgIpc) is 2.30. The van der Waals surface area contributed by atoms with Crippen LogP contribution in [0.25, 0.3) is 0 Å². The minimum absolute atomic E-state index is 0.139. The molecule has 0 saturated heterocycles. The van der Waals surface area contributed by atoms with Crippen molar-refractivity contribution in [1.82, 2.24) is 0 Å². The first kappa shape index (κ1) is 13.3. The molecule has 0 bridgehead atoms. The molecule has 0 aliphatic carbocycles. The van der Waals surface area contributed by atoms with Gasteiger partial charge >= 0.3 is 0 Å². The van der Waals surface area contributed by atoms with Crippen LogP contribution in [0.4, 0.5) is 0 Å². The van der Waals surface area contributed by atoms with Crippen molar-refractivity contribution in [3.05, 3.63) is 29.8 Å². The molecule has 1 aromatic rings. The molecule has 2 N–H and O–H groups in total. The predicted octanol–water partition coefficient (Wildman–Crippen LogP) is 3.11. The van der Waals surface area contributed by atoms with Crippen molar-refractivity contribution in [2.75, 3.05) is 12.3 Å². The van der Waals surface area contributed by atoms with Gasteiger partial charge in [-0.05, 0) is 30.9 Å². The van der Waals surface area contributed by atoms with Crippen LogP contribution >= 0.6 is 11.8 Å². The Morgan fingerprint density at radius 1 is 1.44 bits per heavy atom. The number of unbranched alkanes of at least 4 members (excludes halogenated alkanes) is 1. The zero-order valence-electron chi connectivity index (χ0n) is 9.74. The van der Waals surface area contributed by atoms with E-state index in [2.05, 4.69) is 13.0 Å². The van der Waals surface area contributed by atoms with E-state index in [-0.39, 0.29) is 5.78 Å². The summed E-state index contributed by atoms with van der Waals surface area (Å²) in [5.74, 6) is 1.26. The van der Waals surface area contributed by atoms with Crippen molar-refractivity contribution in [2.24, 2.45) is 5.73 Å². The zero-order valence-corrected chi connectivity index (χ0v) is 10.6. The quantitative estimate of drug-likeness (QED) is 0.450. The molecule has 1 aromatic carbocycles. The van der Waals surface area contributed by atoms with Gasteiger partial charge in [0.05, 0.1) is 0 Å². The fourth-order valence-corrected chi connectivity index (χ4v) is 2.42. The molecule has 0 amide bonds. The van der Waals surface area contributed by atoms with Crippen molar-refractivity contribution < 1.29 is 4.79 Å². The van der Waals surface area contributed by atoms with Crippen molar-refractivity contribution in [3.8, 4) is 0 Å². The topological polar surface area (TPSA) is 43.1 Å². The smallest absolute Gasteiger partial charge is 0.164 e. The van der Waals surface area contributed by atoms with Gasteiger partial charge in [-0.2, -0.15) is 0 Å². The largest absolute Gasteiger partial charge is 0.330 e. The Hall–Kier alpha value is -0.800. The van der Waals surface area contributed by atoms with Crippen LogP contribution in [-0.2, 0) is 0 Å². The molecule has 16 heavy (non-hydrogen) atoms. The summed E-state index contributed by atoms with van der Waals surface area (Å²) >= 11 is 1.81. The van der Waals surface area contributed by atoms with Crippen LogP contribution in [-0.4, -0.2) is 18.1 Å². The van der Waals surface area contributed by atoms with E-state index in [1.165, 1.54) is 17.7 Å². The standard InChI is InChI=1S/C13H19NOS/c1-2-3-9-16-12-6-4-5-11(10-12)13(15)7-8-14/h4-6,10H,2-3,7-9,14H2,1H3. The van der Waals surface area contributed by atoms with Crippen molar-refractivity contribution in [3.63, 3.8) is 0 Å². The van der Waals surface area contributed by atoms with Gasteiger partial charge in [-0.15, -0.1) is 11.8 Å². The lowest BCUT2D eigenvalue weighted by Crippen LogP contribution is -2.07. The Labute approximate surface area is 102 Å². The van der Waals surface area contributed by atoms with Gasteiger partial charge in [0, 0.05) is 16.9 Å². The molecule has 0 radical (unpaired) electrons. The van der Waals surface area contributed by atoms with E-state index in [9.17, 15) is 4.79 Å². The van der Waals surface area contributed by atoms with Crippen molar-refractivity contribution >= 4 is 17.5 Å². The number of hydrogen-bond donors (Lipinski definition) is 1. The Morgan fingerprint density at radius 3 is 2.94 bits per heavy atom.